The molecular formula is C14H14FN3O. The van der Waals surface area contributed by atoms with Crippen molar-refractivity contribution in [3.05, 3.63) is 35.3 Å². The standard InChI is InChI=1S/C14H14FN3O/c1-8-12(15)14(16-2)18-13(17-8)10-3-4-11-9(7-10)5-6-19-11/h3-4,7H,5-6H2,1-2H3,(H,16,17,18). The number of benzene rings is 1. The number of nitrogens with one attached hydrogen (secondary N) is 1. The number of anilines is 1. The summed E-state index contributed by atoms with van der Waals surface area (Å²) in [6.07, 6.45) is 0.891. The molecule has 98 valence electrons. The molecule has 5 heteroatoms. The zero-order chi connectivity index (χ0) is 13.4. The number of aromatic nitrogens is 2. The van der Waals surface area contributed by atoms with Crippen molar-refractivity contribution in [1.82, 2.24) is 9.97 Å². The third-order valence-corrected chi connectivity index (χ3v) is 3.20. The lowest BCUT2D eigenvalue weighted by atomic mass is 10.1. The number of aryl methyl sites for hydroxylation is 1. The number of hydrogen-bond donors (Lipinski definition) is 1. The lowest BCUT2D eigenvalue weighted by molar-refractivity contribution is 0.357. The van der Waals surface area contributed by atoms with Crippen LogP contribution in [0.25, 0.3) is 11.4 Å². The van der Waals surface area contributed by atoms with Gasteiger partial charge >= 0.3 is 0 Å². The monoisotopic (exact) mass is 259 g/mol. The number of ether oxygens (including phenoxy) is 1. The van der Waals surface area contributed by atoms with Gasteiger partial charge in [-0.05, 0) is 30.7 Å². The first-order chi connectivity index (χ1) is 9.19. The molecule has 0 radical (unpaired) electrons. The minimum atomic E-state index is -0.407. The van der Waals surface area contributed by atoms with Crippen LogP contribution in [0, 0.1) is 12.7 Å². The van der Waals surface area contributed by atoms with Crippen molar-refractivity contribution < 1.29 is 9.13 Å². The van der Waals surface area contributed by atoms with E-state index < -0.39 is 5.82 Å². The lowest BCUT2D eigenvalue weighted by Crippen LogP contribution is -2.03. The molecule has 2 heterocycles. The summed E-state index contributed by atoms with van der Waals surface area (Å²) in [5.74, 6) is 1.25. The van der Waals surface area contributed by atoms with Crippen LogP contribution in [0.4, 0.5) is 10.2 Å². The van der Waals surface area contributed by atoms with Crippen LogP contribution in [0.1, 0.15) is 11.3 Å². The summed E-state index contributed by atoms with van der Waals surface area (Å²) in [6, 6.07) is 5.82. The molecule has 4 nitrogen and oxygen atoms in total. The third-order valence-electron chi connectivity index (χ3n) is 3.20. The van der Waals surface area contributed by atoms with Gasteiger partial charge in [0.05, 0.1) is 12.3 Å². The molecule has 1 aliphatic heterocycles. The third kappa shape index (κ3) is 2.01. The number of hydrogen-bond acceptors (Lipinski definition) is 4. The van der Waals surface area contributed by atoms with E-state index in [0.29, 0.717) is 18.1 Å². The second kappa shape index (κ2) is 4.50. The molecule has 0 aliphatic carbocycles. The van der Waals surface area contributed by atoms with Gasteiger partial charge in [-0.2, -0.15) is 0 Å². The quantitative estimate of drug-likeness (QED) is 0.900. The van der Waals surface area contributed by atoms with Gasteiger partial charge in [-0.1, -0.05) is 0 Å². The number of rotatable bonds is 2. The second-order valence-electron chi connectivity index (χ2n) is 4.47. The minimum absolute atomic E-state index is 0.222. The first-order valence-electron chi connectivity index (χ1n) is 6.17. The van der Waals surface area contributed by atoms with Crippen LogP contribution in [-0.4, -0.2) is 23.6 Å². The van der Waals surface area contributed by atoms with E-state index in [1.165, 1.54) is 0 Å². The first-order valence-corrected chi connectivity index (χ1v) is 6.17. The molecule has 1 N–H and O–H groups in total. The Hall–Kier alpha value is -2.17. The van der Waals surface area contributed by atoms with Crippen molar-refractivity contribution in [2.45, 2.75) is 13.3 Å². The molecular weight excluding hydrogens is 245 g/mol. The highest BCUT2D eigenvalue weighted by Gasteiger charge is 2.16. The summed E-state index contributed by atoms with van der Waals surface area (Å²) >= 11 is 0. The molecule has 0 saturated heterocycles. The minimum Gasteiger partial charge on any atom is -0.493 e. The van der Waals surface area contributed by atoms with Crippen molar-refractivity contribution in [2.24, 2.45) is 0 Å². The molecule has 1 aromatic carbocycles. The molecule has 0 atom stereocenters. The van der Waals surface area contributed by atoms with Crippen LogP contribution in [0.2, 0.25) is 0 Å². The summed E-state index contributed by atoms with van der Waals surface area (Å²) in [4.78, 5) is 8.42. The molecule has 19 heavy (non-hydrogen) atoms. The van der Waals surface area contributed by atoms with Gasteiger partial charge in [-0.15, -0.1) is 0 Å². The van der Waals surface area contributed by atoms with Crippen LogP contribution in [0.5, 0.6) is 5.75 Å². The van der Waals surface area contributed by atoms with Gasteiger partial charge < -0.3 is 10.1 Å². The van der Waals surface area contributed by atoms with Gasteiger partial charge in [0.2, 0.25) is 0 Å². The van der Waals surface area contributed by atoms with E-state index in [2.05, 4.69) is 15.3 Å². The Balaban J connectivity index is 2.09. The Morgan fingerprint density at radius 3 is 2.95 bits per heavy atom. The largest absolute Gasteiger partial charge is 0.493 e. The van der Waals surface area contributed by atoms with Gasteiger partial charge in [0.1, 0.15) is 5.75 Å². The van der Waals surface area contributed by atoms with Gasteiger partial charge in [0, 0.05) is 19.0 Å². The van der Waals surface area contributed by atoms with E-state index in [1.54, 1.807) is 14.0 Å². The van der Waals surface area contributed by atoms with Crippen LogP contribution in [-0.2, 0) is 6.42 Å². The SMILES string of the molecule is CNc1nc(-c2ccc3c(c2)CCO3)nc(C)c1F. The molecule has 0 saturated carbocycles. The van der Waals surface area contributed by atoms with E-state index in [4.69, 9.17) is 4.74 Å². The Labute approximate surface area is 110 Å². The van der Waals surface area contributed by atoms with Gasteiger partial charge in [-0.3, -0.25) is 0 Å². The number of halogens is 1. The molecule has 0 spiro atoms. The summed E-state index contributed by atoms with van der Waals surface area (Å²) in [5.41, 5.74) is 2.36. The maximum Gasteiger partial charge on any atom is 0.186 e. The normalized spacial score (nSPS) is 13.0. The fourth-order valence-corrected chi connectivity index (χ4v) is 2.18. The van der Waals surface area contributed by atoms with Crippen molar-refractivity contribution in [1.29, 1.82) is 0 Å². The zero-order valence-corrected chi connectivity index (χ0v) is 10.8. The Kier molecular flexibility index (Phi) is 2.81. The summed E-state index contributed by atoms with van der Waals surface area (Å²) in [6.45, 7) is 2.35. The number of fused-ring (bicyclic) bond motifs is 1. The topological polar surface area (TPSA) is 47.0 Å². The summed E-state index contributed by atoms with van der Waals surface area (Å²) in [5, 5.41) is 2.75. The molecule has 0 amide bonds. The molecule has 2 aromatic rings. The second-order valence-corrected chi connectivity index (χ2v) is 4.47. The first kappa shape index (κ1) is 11.9. The Morgan fingerprint density at radius 2 is 2.16 bits per heavy atom. The van der Waals surface area contributed by atoms with Gasteiger partial charge in [0.15, 0.2) is 17.5 Å². The predicted octanol–water partition coefficient (Wildman–Crippen LogP) is 2.57. The maximum absolute atomic E-state index is 13.7. The summed E-state index contributed by atoms with van der Waals surface area (Å²) < 4.78 is 19.2. The number of nitrogens with zero attached hydrogens (tertiary/aromatic N) is 2. The van der Waals surface area contributed by atoms with Crippen LogP contribution >= 0.6 is 0 Å². The highest BCUT2D eigenvalue weighted by molar-refractivity contribution is 5.61. The summed E-state index contributed by atoms with van der Waals surface area (Å²) in [7, 11) is 1.64. The fraction of sp³-hybridized carbons (Fsp3) is 0.286. The molecule has 0 bridgehead atoms. The Morgan fingerprint density at radius 1 is 1.32 bits per heavy atom. The van der Waals surface area contributed by atoms with Crippen molar-refractivity contribution in [3.8, 4) is 17.1 Å². The van der Waals surface area contributed by atoms with Crippen molar-refractivity contribution in [3.63, 3.8) is 0 Å². The van der Waals surface area contributed by atoms with Crippen LogP contribution < -0.4 is 10.1 Å². The van der Waals surface area contributed by atoms with Gasteiger partial charge in [0.25, 0.3) is 0 Å². The van der Waals surface area contributed by atoms with E-state index in [1.807, 2.05) is 18.2 Å². The highest BCUT2D eigenvalue weighted by atomic mass is 19.1. The fourth-order valence-electron chi connectivity index (χ4n) is 2.18. The van der Waals surface area contributed by atoms with Crippen molar-refractivity contribution in [2.75, 3.05) is 19.0 Å². The van der Waals surface area contributed by atoms with Gasteiger partial charge in [-0.25, -0.2) is 14.4 Å². The average molecular weight is 259 g/mol. The van der Waals surface area contributed by atoms with E-state index >= 15 is 0 Å². The molecule has 0 fully saturated rings. The average Bonchev–Trinajstić information content (AvgIpc) is 2.89. The maximum atomic E-state index is 13.7. The zero-order valence-electron chi connectivity index (χ0n) is 10.8. The lowest BCUT2D eigenvalue weighted by Gasteiger charge is -2.08. The van der Waals surface area contributed by atoms with E-state index in [-0.39, 0.29) is 5.82 Å². The Bertz CT molecular complexity index is 643. The van der Waals surface area contributed by atoms with E-state index in [0.717, 1.165) is 23.3 Å². The molecule has 1 aromatic heterocycles. The van der Waals surface area contributed by atoms with Crippen LogP contribution in [0.3, 0.4) is 0 Å². The highest BCUT2D eigenvalue weighted by Crippen LogP contribution is 2.30. The predicted molar refractivity (Wildman–Crippen MR) is 70.9 cm³/mol. The molecule has 0 unspecified atom stereocenters. The van der Waals surface area contributed by atoms with E-state index in [9.17, 15) is 4.39 Å². The molecule has 1 aliphatic rings. The van der Waals surface area contributed by atoms with Crippen LogP contribution in [0.15, 0.2) is 18.2 Å². The smallest absolute Gasteiger partial charge is 0.186 e. The molecule has 3 rings (SSSR count). The van der Waals surface area contributed by atoms with Crippen molar-refractivity contribution >= 4 is 5.82 Å².